The van der Waals surface area contributed by atoms with Gasteiger partial charge in [-0.3, -0.25) is 0 Å². The molecule has 0 bridgehead atoms. The molecule has 3 nitrogen and oxygen atoms in total. The van der Waals surface area contributed by atoms with Gasteiger partial charge in [-0.1, -0.05) is 109 Å². The van der Waals surface area contributed by atoms with Crippen LogP contribution in [0.4, 0.5) is 17.1 Å². The fraction of sp³-hybridized carbons (Fsp3) is 0. The average Bonchev–Trinajstić information content (AvgIpc) is 3.74. The number of para-hydroxylation sites is 3. The van der Waals surface area contributed by atoms with Gasteiger partial charge in [0, 0.05) is 44.7 Å². The molecule has 10 aromatic rings. The Morgan fingerprint density at radius 2 is 0.898 bits per heavy atom. The third-order valence-corrected chi connectivity index (χ3v) is 9.65. The fourth-order valence-corrected chi connectivity index (χ4v) is 7.28. The van der Waals surface area contributed by atoms with Crippen molar-refractivity contribution >= 4 is 71.7 Å². The number of nitrogens with zero attached hydrogens (tertiary/aromatic N) is 1. The summed E-state index contributed by atoms with van der Waals surface area (Å²) >= 11 is 0. The van der Waals surface area contributed by atoms with E-state index in [0.29, 0.717) is 0 Å². The number of fused-ring (bicyclic) bond motifs is 8. The Morgan fingerprint density at radius 1 is 0.306 bits per heavy atom. The third-order valence-electron chi connectivity index (χ3n) is 9.65. The van der Waals surface area contributed by atoms with E-state index in [1.807, 2.05) is 24.3 Å². The topological polar surface area (TPSA) is 29.5 Å². The highest BCUT2D eigenvalue weighted by Crippen LogP contribution is 2.40. The Balaban J connectivity index is 1.03. The van der Waals surface area contributed by atoms with Gasteiger partial charge in [-0.25, -0.2) is 0 Å². The molecule has 0 aliphatic rings. The number of hydrogen-bond acceptors (Lipinski definition) is 3. The molecule has 3 heteroatoms. The quantitative estimate of drug-likeness (QED) is 0.190. The van der Waals surface area contributed by atoms with E-state index in [-0.39, 0.29) is 0 Å². The van der Waals surface area contributed by atoms with Gasteiger partial charge >= 0.3 is 0 Å². The highest BCUT2D eigenvalue weighted by atomic mass is 16.3. The van der Waals surface area contributed by atoms with Crippen molar-refractivity contribution in [1.29, 1.82) is 0 Å². The molecular formula is C46H29NO2. The van der Waals surface area contributed by atoms with Gasteiger partial charge in [0.05, 0.1) is 0 Å². The number of furan rings is 2. The first kappa shape index (κ1) is 27.5. The lowest BCUT2D eigenvalue weighted by Crippen LogP contribution is -2.09. The first-order valence-electron chi connectivity index (χ1n) is 16.6. The lowest BCUT2D eigenvalue weighted by Gasteiger charge is -2.26. The minimum Gasteiger partial charge on any atom is -0.456 e. The number of benzene rings is 8. The maximum absolute atomic E-state index is 6.28. The van der Waals surface area contributed by atoms with E-state index in [1.54, 1.807) is 0 Å². The van der Waals surface area contributed by atoms with Crippen molar-refractivity contribution in [3.63, 3.8) is 0 Å². The van der Waals surface area contributed by atoms with Crippen LogP contribution in [0.15, 0.2) is 185 Å². The van der Waals surface area contributed by atoms with Crippen LogP contribution in [0.2, 0.25) is 0 Å². The van der Waals surface area contributed by atoms with E-state index in [9.17, 15) is 0 Å². The van der Waals surface area contributed by atoms with E-state index in [0.717, 1.165) is 66.7 Å². The predicted molar refractivity (Wildman–Crippen MR) is 204 cm³/mol. The maximum Gasteiger partial charge on any atom is 0.137 e. The minimum atomic E-state index is 0.877. The predicted octanol–water partition coefficient (Wildman–Crippen LogP) is 13.4. The molecule has 0 saturated heterocycles. The molecule has 2 aromatic heterocycles. The van der Waals surface area contributed by atoms with Crippen LogP contribution in [-0.2, 0) is 0 Å². The zero-order chi connectivity index (χ0) is 32.3. The zero-order valence-electron chi connectivity index (χ0n) is 26.5. The van der Waals surface area contributed by atoms with Gasteiger partial charge < -0.3 is 13.7 Å². The van der Waals surface area contributed by atoms with Gasteiger partial charge in [0.1, 0.15) is 22.3 Å². The molecule has 0 saturated carbocycles. The average molecular weight is 628 g/mol. The molecule has 0 amide bonds. The van der Waals surface area contributed by atoms with Gasteiger partial charge in [-0.2, -0.15) is 0 Å². The van der Waals surface area contributed by atoms with Crippen molar-refractivity contribution in [2.75, 3.05) is 4.90 Å². The summed E-state index contributed by atoms with van der Waals surface area (Å²) < 4.78 is 12.5. The highest BCUT2D eigenvalue weighted by Gasteiger charge is 2.16. The minimum absolute atomic E-state index is 0.877. The molecule has 0 N–H and O–H groups in total. The summed E-state index contributed by atoms with van der Waals surface area (Å²) in [6, 6.07) is 62.1. The molecule has 0 aliphatic carbocycles. The first-order valence-corrected chi connectivity index (χ1v) is 16.6. The van der Waals surface area contributed by atoms with Gasteiger partial charge in [0.2, 0.25) is 0 Å². The summed E-state index contributed by atoms with van der Waals surface area (Å²) in [5, 5.41) is 6.99. The molecule has 0 unspecified atom stereocenters. The lowest BCUT2D eigenvalue weighted by molar-refractivity contribution is 0.668. The Bertz CT molecular complexity index is 2830. The summed E-state index contributed by atoms with van der Waals surface area (Å²) in [7, 11) is 0. The molecule has 0 atom stereocenters. The SMILES string of the molecule is c1ccc(N(c2cccc(-c3ccc(-c4ccc5ccc6oc7ccccc7c6c5c4)cc3)c2)c2ccc3c(c2)oc2ccccc23)cc1. The fourth-order valence-electron chi connectivity index (χ4n) is 7.28. The molecule has 0 spiro atoms. The molecule has 0 fully saturated rings. The molecular weight excluding hydrogens is 599 g/mol. The largest absolute Gasteiger partial charge is 0.456 e. The van der Waals surface area contributed by atoms with E-state index in [4.69, 9.17) is 8.83 Å². The van der Waals surface area contributed by atoms with Crippen LogP contribution in [0.25, 0.3) is 76.9 Å². The van der Waals surface area contributed by atoms with Gasteiger partial charge in [-0.05, 0) is 93.7 Å². The van der Waals surface area contributed by atoms with Crippen LogP contribution in [0.3, 0.4) is 0 Å². The number of hydrogen-bond donors (Lipinski definition) is 0. The Kier molecular flexibility index (Phi) is 6.18. The molecule has 0 radical (unpaired) electrons. The molecule has 8 aromatic carbocycles. The number of rotatable bonds is 5. The van der Waals surface area contributed by atoms with Gasteiger partial charge in [0.15, 0.2) is 0 Å². The summed E-state index contributed by atoms with van der Waals surface area (Å²) in [6.45, 7) is 0. The van der Waals surface area contributed by atoms with E-state index < -0.39 is 0 Å². The van der Waals surface area contributed by atoms with Crippen molar-refractivity contribution < 1.29 is 8.83 Å². The van der Waals surface area contributed by atoms with Crippen LogP contribution in [0.1, 0.15) is 0 Å². The Morgan fingerprint density at radius 3 is 1.71 bits per heavy atom. The monoisotopic (exact) mass is 627 g/mol. The van der Waals surface area contributed by atoms with E-state index in [2.05, 4.69) is 157 Å². The third kappa shape index (κ3) is 4.59. The van der Waals surface area contributed by atoms with Gasteiger partial charge in [0.25, 0.3) is 0 Å². The molecule has 2 heterocycles. The molecule has 10 rings (SSSR count). The Labute approximate surface area is 282 Å². The summed E-state index contributed by atoms with van der Waals surface area (Å²) in [5.41, 5.74) is 11.5. The number of anilines is 3. The molecule has 49 heavy (non-hydrogen) atoms. The second kappa shape index (κ2) is 11.0. The van der Waals surface area contributed by atoms with Gasteiger partial charge in [-0.15, -0.1) is 0 Å². The highest BCUT2D eigenvalue weighted by molar-refractivity contribution is 6.19. The normalized spacial score (nSPS) is 11.7. The molecule has 0 aliphatic heterocycles. The maximum atomic E-state index is 6.28. The van der Waals surface area contributed by atoms with Crippen LogP contribution >= 0.6 is 0 Å². The van der Waals surface area contributed by atoms with Crippen LogP contribution in [0.5, 0.6) is 0 Å². The zero-order valence-corrected chi connectivity index (χ0v) is 26.5. The van der Waals surface area contributed by atoms with Crippen molar-refractivity contribution in [3.8, 4) is 22.3 Å². The standard InChI is InChI=1S/C46H29NO2/c1-2-10-35(11-3-1)47(37-24-25-39-38-13-4-6-15-42(38)49-45(39)29-37)36-12-8-9-33(27-36)30-17-19-31(20-18-30)34-22-21-32-23-26-44-46(41(32)28-34)40-14-5-7-16-43(40)48-44/h1-29H. The first-order chi connectivity index (χ1) is 24.3. The summed E-state index contributed by atoms with van der Waals surface area (Å²) in [4.78, 5) is 2.29. The van der Waals surface area contributed by atoms with E-state index >= 15 is 0 Å². The van der Waals surface area contributed by atoms with E-state index in [1.165, 1.54) is 27.3 Å². The summed E-state index contributed by atoms with van der Waals surface area (Å²) in [6.07, 6.45) is 0. The van der Waals surface area contributed by atoms with Crippen molar-refractivity contribution in [1.82, 2.24) is 0 Å². The molecule has 230 valence electrons. The second-order valence-corrected chi connectivity index (χ2v) is 12.6. The second-order valence-electron chi connectivity index (χ2n) is 12.6. The van der Waals surface area contributed by atoms with Crippen molar-refractivity contribution in [2.45, 2.75) is 0 Å². The van der Waals surface area contributed by atoms with Crippen LogP contribution in [0, 0.1) is 0 Å². The van der Waals surface area contributed by atoms with Crippen molar-refractivity contribution in [3.05, 3.63) is 176 Å². The Hall–Kier alpha value is -6.58. The van der Waals surface area contributed by atoms with Crippen molar-refractivity contribution in [2.24, 2.45) is 0 Å². The van der Waals surface area contributed by atoms with Crippen LogP contribution < -0.4 is 4.90 Å². The smallest absolute Gasteiger partial charge is 0.137 e. The lowest BCUT2D eigenvalue weighted by atomic mass is 9.96. The van der Waals surface area contributed by atoms with Crippen LogP contribution in [-0.4, -0.2) is 0 Å². The summed E-state index contributed by atoms with van der Waals surface area (Å²) in [5.74, 6) is 0.